The molecule has 0 spiro atoms. The second kappa shape index (κ2) is 8.71. The third-order valence-electron chi connectivity index (χ3n) is 2.40. The Labute approximate surface area is 92.3 Å². The zero-order chi connectivity index (χ0) is 11.7. The van der Waals surface area contributed by atoms with E-state index in [4.69, 9.17) is 5.21 Å². The van der Waals surface area contributed by atoms with Crippen LogP contribution in [0.4, 0.5) is 0 Å². The van der Waals surface area contributed by atoms with E-state index in [1.165, 1.54) is 5.70 Å². The van der Waals surface area contributed by atoms with E-state index in [-0.39, 0.29) is 6.04 Å². The molecule has 1 unspecified atom stereocenters. The van der Waals surface area contributed by atoms with E-state index < -0.39 is 6.10 Å². The molecule has 0 saturated carbocycles. The van der Waals surface area contributed by atoms with E-state index in [2.05, 4.69) is 25.2 Å². The highest BCUT2D eigenvalue weighted by molar-refractivity contribution is 4.97. The lowest BCUT2D eigenvalue weighted by molar-refractivity contribution is 0.0439. The van der Waals surface area contributed by atoms with E-state index in [9.17, 15) is 5.11 Å². The van der Waals surface area contributed by atoms with Gasteiger partial charge in [-0.3, -0.25) is 0 Å². The highest BCUT2D eigenvalue weighted by atomic mass is 16.5. The predicted molar refractivity (Wildman–Crippen MR) is 61.7 cm³/mol. The summed E-state index contributed by atoms with van der Waals surface area (Å²) in [6, 6.07) is -0.285. The van der Waals surface area contributed by atoms with Gasteiger partial charge < -0.3 is 15.6 Å². The molecule has 0 heterocycles. The molecule has 0 bridgehead atoms. The number of nitrogens with one attached hydrogen (secondary N) is 2. The molecule has 0 aromatic rings. The average Bonchev–Trinajstić information content (AvgIpc) is 2.26. The first-order valence-electron chi connectivity index (χ1n) is 5.66. The van der Waals surface area contributed by atoms with Crippen molar-refractivity contribution in [3.8, 4) is 0 Å². The Bertz CT molecular complexity index is 183. The molecule has 4 heteroatoms. The van der Waals surface area contributed by atoms with Gasteiger partial charge in [-0.15, -0.1) is 0 Å². The molecule has 0 aromatic carbocycles. The van der Waals surface area contributed by atoms with Crippen LogP contribution in [-0.4, -0.2) is 29.0 Å². The van der Waals surface area contributed by atoms with Gasteiger partial charge in [-0.1, -0.05) is 19.9 Å². The quantitative estimate of drug-likeness (QED) is 0.463. The van der Waals surface area contributed by atoms with E-state index in [1.807, 2.05) is 5.48 Å². The number of rotatable bonds is 8. The molecule has 2 atom stereocenters. The Morgan fingerprint density at radius 3 is 2.53 bits per heavy atom. The van der Waals surface area contributed by atoms with Gasteiger partial charge in [0.15, 0.2) is 0 Å². The van der Waals surface area contributed by atoms with Crippen LogP contribution >= 0.6 is 0 Å². The van der Waals surface area contributed by atoms with E-state index in [0.717, 1.165) is 19.4 Å². The van der Waals surface area contributed by atoms with Gasteiger partial charge in [0.1, 0.15) is 0 Å². The molecule has 0 aromatic heterocycles. The predicted octanol–water partition coefficient (Wildman–Crippen LogP) is 1.40. The lowest BCUT2D eigenvalue weighted by Gasteiger charge is -2.18. The monoisotopic (exact) mass is 216 g/mol. The Morgan fingerprint density at radius 1 is 1.40 bits per heavy atom. The summed E-state index contributed by atoms with van der Waals surface area (Å²) in [5.41, 5.74) is 3.27. The van der Waals surface area contributed by atoms with Crippen molar-refractivity contribution in [2.45, 2.75) is 52.2 Å². The maximum atomic E-state index is 9.55. The standard InChI is InChI=1S/C11H24N2O2/c1-4-6-10(5-2)12-8-7-11(14)9(3)13-15/h6,9,11-15H,4-5,7-8H2,1-3H3/b10-6+/t9-,11?/m0/s1. The van der Waals surface area contributed by atoms with Crippen LogP contribution in [0.1, 0.15) is 40.0 Å². The van der Waals surface area contributed by atoms with Crippen LogP contribution in [0.2, 0.25) is 0 Å². The largest absolute Gasteiger partial charge is 0.391 e. The van der Waals surface area contributed by atoms with Gasteiger partial charge in [0.25, 0.3) is 0 Å². The third kappa shape index (κ3) is 6.49. The van der Waals surface area contributed by atoms with E-state index in [0.29, 0.717) is 6.42 Å². The summed E-state index contributed by atoms with van der Waals surface area (Å²) in [6.07, 6.45) is 4.25. The van der Waals surface area contributed by atoms with Gasteiger partial charge >= 0.3 is 0 Å². The Kier molecular flexibility index (Phi) is 8.37. The fourth-order valence-electron chi connectivity index (χ4n) is 1.30. The maximum Gasteiger partial charge on any atom is 0.0730 e. The average molecular weight is 216 g/mol. The van der Waals surface area contributed by atoms with Crippen LogP contribution in [0.25, 0.3) is 0 Å². The summed E-state index contributed by atoms with van der Waals surface area (Å²) >= 11 is 0. The van der Waals surface area contributed by atoms with Crippen LogP contribution in [0.5, 0.6) is 0 Å². The second-order valence-corrected chi connectivity index (χ2v) is 3.69. The minimum atomic E-state index is -0.526. The van der Waals surface area contributed by atoms with Crippen LogP contribution in [0.3, 0.4) is 0 Å². The number of aliphatic hydroxyl groups excluding tert-OH is 1. The van der Waals surface area contributed by atoms with Crippen LogP contribution < -0.4 is 10.8 Å². The van der Waals surface area contributed by atoms with Crippen molar-refractivity contribution in [3.05, 3.63) is 11.8 Å². The van der Waals surface area contributed by atoms with Gasteiger partial charge in [-0.2, -0.15) is 0 Å². The molecule has 4 nitrogen and oxygen atoms in total. The first kappa shape index (κ1) is 14.4. The summed E-state index contributed by atoms with van der Waals surface area (Å²) in [7, 11) is 0. The smallest absolute Gasteiger partial charge is 0.0730 e. The summed E-state index contributed by atoms with van der Waals surface area (Å²) in [6.45, 7) is 6.67. The van der Waals surface area contributed by atoms with Crippen molar-refractivity contribution in [2.75, 3.05) is 6.54 Å². The number of hydroxylamine groups is 1. The van der Waals surface area contributed by atoms with Gasteiger partial charge in [-0.25, -0.2) is 5.48 Å². The highest BCUT2D eigenvalue weighted by Crippen LogP contribution is 2.00. The van der Waals surface area contributed by atoms with Crippen LogP contribution in [0.15, 0.2) is 11.8 Å². The van der Waals surface area contributed by atoms with Gasteiger partial charge in [0.05, 0.1) is 12.1 Å². The molecule has 0 radical (unpaired) electrons. The van der Waals surface area contributed by atoms with E-state index in [1.54, 1.807) is 6.92 Å². The molecule has 0 saturated heterocycles. The highest BCUT2D eigenvalue weighted by Gasteiger charge is 2.11. The van der Waals surface area contributed by atoms with Crippen molar-refractivity contribution in [2.24, 2.45) is 0 Å². The lowest BCUT2D eigenvalue weighted by Crippen LogP contribution is -2.37. The molecule has 90 valence electrons. The Morgan fingerprint density at radius 2 is 2.07 bits per heavy atom. The number of hydrogen-bond donors (Lipinski definition) is 4. The molecule has 0 aliphatic rings. The molecule has 0 aliphatic carbocycles. The number of allylic oxidation sites excluding steroid dienone is 2. The SMILES string of the molecule is CC/C=C(\CC)NCCC(O)[C@H](C)NO. The van der Waals surface area contributed by atoms with Crippen LogP contribution in [-0.2, 0) is 0 Å². The van der Waals surface area contributed by atoms with Crippen molar-refractivity contribution in [1.29, 1.82) is 0 Å². The Hall–Kier alpha value is -0.580. The summed E-state index contributed by atoms with van der Waals surface area (Å²) in [5.74, 6) is 0. The molecule has 0 fully saturated rings. The van der Waals surface area contributed by atoms with Crippen molar-refractivity contribution in [1.82, 2.24) is 10.8 Å². The van der Waals surface area contributed by atoms with Gasteiger partial charge in [0.2, 0.25) is 0 Å². The first-order chi connectivity index (χ1) is 7.15. The maximum absolute atomic E-state index is 9.55. The summed E-state index contributed by atoms with van der Waals surface area (Å²) < 4.78 is 0. The molecule has 15 heavy (non-hydrogen) atoms. The second-order valence-electron chi connectivity index (χ2n) is 3.69. The molecule has 0 amide bonds. The van der Waals surface area contributed by atoms with Crippen molar-refractivity contribution >= 4 is 0 Å². The lowest BCUT2D eigenvalue weighted by atomic mass is 10.1. The van der Waals surface area contributed by atoms with Gasteiger partial charge in [0, 0.05) is 12.2 Å². The molecule has 0 rings (SSSR count). The topological polar surface area (TPSA) is 64.5 Å². The molecular formula is C11H24N2O2. The number of aliphatic hydroxyl groups is 1. The fourth-order valence-corrected chi connectivity index (χ4v) is 1.30. The van der Waals surface area contributed by atoms with Crippen molar-refractivity contribution in [3.63, 3.8) is 0 Å². The molecule has 4 N–H and O–H groups in total. The fraction of sp³-hybridized carbons (Fsp3) is 0.818. The van der Waals surface area contributed by atoms with Crippen molar-refractivity contribution < 1.29 is 10.3 Å². The van der Waals surface area contributed by atoms with Crippen LogP contribution in [0, 0.1) is 0 Å². The minimum absolute atomic E-state index is 0.285. The zero-order valence-corrected chi connectivity index (χ0v) is 9.95. The minimum Gasteiger partial charge on any atom is -0.391 e. The summed E-state index contributed by atoms with van der Waals surface area (Å²) in [5, 5.41) is 21.4. The number of hydrogen-bond acceptors (Lipinski definition) is 4. The van der Waals surface area contributed by atoms with E-state index >= 15 is 0 Å². The third-order valence-corrected chi connectivity index (χ3v) is 2.40. The normalized spacial score (nSPS) is 16.2. The van der Waals surface area contributed by atoms with Gasteiger partial charge in [-0.05, 0) is 26.2 Å². The first-order valence-corrected chi connectivity index (χ1v) is 5.66. The molecule has 0 aliphatic heterocycles. The Balaban J connectivity index is 3.72. The summed E-state index contributed by atoms with van der Waals surface area (Å²) in [4.78, 5) is 0. The zero-order valence-electron chi connectivity index (χ0n) is 9.95. The molecular weight excluding hydrogens is 192 g/mol.